The molecule has 0 fully saturated rings. The summed E-state index contributed by atoms with van der Waals surface area (Å²) in [6.45, 7) is 4.39. The number of anilines is 1. The summed E-state index contributed by atoms with van der Waals surface area (Å²) in [6.07, 6.45) is 4.64. The lowest BCUT2D eigenvalue weighted by molar-refractivity contribution is 0.475. The minimum Gasteiger partial charge on any atom is -0.508 e. The fourth-order valence-corrected chi connectivity index (χ4v) is 2.48. The molecule has 0 spiro atoms. The van der Waals surface area contributed by atoms with Gasteiger partial charge in [0.25, 0.3) is 0 Å². The van der Waals surface area contributed by atoms with Crippen LogP contribution in [0.2, 0.25) is 0 Å². The third-order valence-corrected chi connectivity index (χ3v) is 3.82. The SMILES string of the molecule is CCCCc1ccc(NC(CC)c2ccc(O)cc2)cc1. The van der Waals surface area contributed by atoms with Crippen LogP contribution < -0.4 is 5.32 Å². The molecule has 0 aliphatic rings. The van der Waals surface area contributed by atoms with E-state index in [0.717, 1.165) is 18.5 Å². The van der Waals surface area contributed by atoms with Crippen molar-refractivity contribution < 1.29 is 5.11 Å². The van der Waals surface area contributed by atoms with E-state index in [9.17, 15) is 5.11 Å². The Bertz CT molecular complexity index is 530. The molecule has 0 radical (unpaired) electrons. The Morgan fingerprint density at radius 1 is 0.952 bits per heavy atom. The molecule has 0 aromatic heterocycles. The Kier molecular flexibility index (Phi) is 5.68. The zero-order valence-electron chi connectivity index (χ0n) is 13.0. The number of benzene rings is 2. The standard InChI is InChI=1S/C19H25NO/c1-3-5-6-15-7-11-17(12-8-15)20-19(4-2)16-9-13-18(21)14-10-16/h7-14,19-21H,3-6H2,1-2H3. The molecule has 112 valence electrons. The monoisotopic (exact) mass is 283 g/mol. The zero-order chi connectivity index (χ0) is 15.1. The molecule has 0 aliphatic carbocycles. The third kappa shape index (κ3) is 4.52. The average molecular weight is 283 g/mol. The molecule has 1 atom stereocenters. The normalized spacial score (nSPS) is 12.1. The summed E-state index contributed by atoms with van der Waals surface area (Å²) in [4.78, 5) is 0. The van der Waals surface area contributed by atoms with Gasteiger partial charge in [0, 0.05) is 5.69 Å². The highest BCUT2D eigenvalue weighted by molar-refractivity contribution is 5.47. The maximum Gasteiger partial charge on any atom is 0.115 e. The van der Waals surface area contributed by atoms with Crippen LogP contribution in [0, 0.1) is 0 Å². The van der Waals surface area contributed by atoms with Crippen molar-refractivity contribution in [3.8, 4) is 5.75 Å². The molecule has 21 heavy (non-hydrogen) atoms. The molecule has 2 rings (SSSR count). The van der Waals surface area contributed by atoms with Gasteiger partial charge in [-0.2, -0.15) is 0 Å². The van der Waals surface area contributed by atoms with Crippen LogP contribution in [0.15, 0.2) is 48.5 Å². The molecule has 0 bridgehead atoms. The molecule has 0 heterocycles. The average Bonchev–Trinajstić information content (AvgIpc) is 2.53. The van der Waals surface area contributed by atoms with E-state index in [4.69, 9.17) is 0 Å². The van der Waals surface area contributed by atoms with E-state index in [1.807, 2.05) is 12.1 Å². The van der Waals surface area contributed by atoms with Crippen molar-refractivity contribution in [2.24, 2.45) is 0 Å². The summed E-state index contributed by atoms with van der Waals surface area (Å²) in [5, 5.41) is 12.9. The van der Waals surface area contributed by atoms with Gasteiger partial charge in [0.2, 0.25) is 0 Å². The molecular weight excluding hydrogens is 258 g/mol. The molecule has 0 saturated carbocycles. The quantitative estimate of drug-likeness (QED) is 0.723. The minimum absolute atomic E-state index is 0.270. The lowest BCUT2D eigenvalue weighted by atomic mass is 10.0. The van der Waals surface area contributed by atoms with Crippen molar-refractivity contribution in [1.82, 2.24) is 0 Å². The Morgan fingerprint density at radius 2 is 1.62 bits per heavy atom. The van der Waals surface area contributed by atoms with Gasteiger partial charge in [0.05, 0.1) is 6.04 Å². The van der Waals surface area contributed by atoms with Gasteiger partial charge in [0.1, 0.15) is 5.75 Å². The van der Waals surface area contributed by atoms with Crippen molar-refractivity contribution in [1.29, 1.82) is 0 Å². The lowest BCUT2D eigenvalue weighted by Crippen LogP contribution is -2.09. The van der Waals surface area contributed by atoms with Crippen LogP contribution in [0.3, 0.4) is 0 Å². The van der Waals surface area contributed by atoms with Crippen LogP contribution in [0.5, 0.6) is 5.75 Å². The lowest BCUT2D eigenvalue weighted by Gasteiger charge is -2.19. The first-order valence-corrected chi connectivity index (χ1v) is 7.87. The van der Waals surface area contributed by atoms with Crippen LogP contribution in [-0.4, -0.2) is 5.11 Å². The maximum atomic E-state index is 9.38. The van der Waals surface area contributed by atoms with E-state index in [1.54, 1.807) is 12.1 Å². The number of nitrogens with one attached hydrogen (secondary N) is 1. The van der Waals surface area contributed by atoms with E-state index in [-0.39, 0.29) is 6.04 Å². The number of phenolic OH excluding ortho intramolecular Hbond substituents is 1. The molecule has 0 amide bonds. The highest BCUT2D eigenvalue weighted by Crippen LogP contribution is 2.24. The second-order valence-corrected chi connectivity index (χ2v) is 5.50. The number of hydrogen-bond acceptors (Lipinski definition) is 2. The van der Waals surface area contributed by atoms with Gasteiger partial charge in [-0.3, -0.25) is 0 Å². The van der Waals surface area contributed by atoms with Crippen LogP contribution in [0.25, 0.3) is 0 Å². The van der Waals surface area contributed by atoms with Crippen molar-refractivity contribution in [3.05, 3.63) is 59.7 Å². The predicted molar refractivity (Wildman–Crippen MR) is 89.8 cm³/mol. The third-order valence-electron chi connectivity index (χ3n) is 3.82. The summed E-state index contributed by atoms with van der Waals surface area (Å²) in [5.74, 6) is 0.314. The Hall–Kier alpha value is -1.96. The maximum absolute atomic E-state index is 9.38. The van der Waals surface area contributed by atoms with Gasteiger partial charge < -0.3 is 10.4 Å². The first-order valence-electron chi connectivity index (χ1n) is 7.87. The topological polar surface area (TPSA) is 32.3 Å². The molecule has 2 heteroatoms. The fourth-order valence-electron chi connectivity index (χ4n) is 2.48. The number of aromatic hydroxyl groups is 1. The van der Waals surface area contributed by atoms with Crippen molar-refractivity contribution in [2.45, 2.75) is 45.6 Å². The van der Waals surface area contributed by atoms with Gasteiger partial charge in [-0.15, -0.1) is 0 Å². The number of unbranched alkanes of at least 4 members (excludes halogenated alkanes) is 1. The van der Waals surface area contributed by atoms with Crippen LogP contribution in [-0.2, 0) is 6.42 Å². The van der Waals surface area contributed by atoms with E-state index in [1.165, 1.54) is 24.0 Å². The van der Waals surface area contributed by atoms with E-state index < -0.39 is 0 Å². The van der Waals surface area contributed by atoms with Crippen molar-refractivity contribution in [3.63, 3.8) is 0 Å². The van der Waals surface area contributed by atoms with Gasteiger partial charge in [-0.05, 0) is 54.7 Å². The largest absolute Gasteiger partial charge is 0.508 e. The van der Waals surface area contributed by atoms with E-state index in [0.29, 0.717) is 5.75 Å². The van der Waals surface area contributed by atoms with Crippen LogP contribution in [0.4, 0.5) is 5.69 Å². The van der Waals surface area contributed by atoms with E-state index >= 15 is 0 Å². The second kappa shape index (κ2) is 7.72. The molecule has 2 N–H and O–H groups in total. The van der Waals surface area contributed by atoms with Crippen LogP contribution >= 0.6 is 0 Å². The van der Waals surface area contributed by atoms with Gasteiger partial charge in [-0.1, -0.05) is 44.5 Å². The van der Waals surface area contributed by atoms with Crippen molar-refractivity contribution >= 4 is 5.69 Å². The summed E-state index contributed by atoms with van der Waals surface area (Å²) >= 11 is 0. The molecule has 2 aromatic carbocycles. The minimum atomic E-state index is 0.270. The predicted octanol–water partition coefficient (Wildman–Crippen LogP) is 5.30. The Balaban J connectivity index is 2.02. The highest BCUT2D eigenvalue weighted by Gasteiger charge is 2.09. The van der Waals surface area contributed by atoms with Crippen LogP contribution in [0.1, 0.15) is 50.3 Å². The van der Waals surface area contributed by atoms with E-state index in [2.05, 4.69) is 43.4 Å². The molecule has 2 nitrogen and oxygen atoms in total. The molecule has 0 aliphatic heterocycles. The molecule has 1 unspecified atom stereocenters. The Morgan fingerprint density at radius 3 is 2.19 bits per heavy atom. The Labute approximate surface area is 127 Å². The van der Waals surface area contributed by atoms with Crippen molar-refractivity contribution in [2.75, 3.05) is 5.32 Å². The first-order chi connectivity index (χ1) is 10.2. The summed E-state index contributed by atoms with van der Waals surface area (Å²) in [7, 11) is 0. The molecule has 2 aromatic rings. The number of phenols is 1. The second-order valence-electron chi connectivity index (χ2n) is 5.50. The highest BCUT2D eigenvalue weighted by atomic mass is 16.3. The first kappa shape index (κ1) is 15.4. The van der Waals surface area contributed by atoms with Gasteiger partial charge in [-0.25, -0.2) is 0 Å². The zero-order valence-corrected chi connectivity index (χ0v) is 13.0. The molecular formula is C19H25NO. The van der Waals surface area contributed by atoms with Gasteiger partial charge >= 0.3 is 0 Å². The number of aryl methyl sites for hydroxylation is 1. The summed E-state index contributed by atoms with van der Waals surface area (Å²) in [6, 6.07) is 16.5. The molecule has 0 saturated heterocycles. The summed E-state index contributed by atoms with van der Waals surface area (Å²) < 4.78 is 0. The summed E-state index contributed by atoms with van der Waals surface area (Å²) in [5.41, 5.74) is 3.75. The van der Waals surface area contributed by atoms with Gasteiger partial charge in [0.15, 0.2) is 0 Å². The number of hydrogen-bond donors (Lipinski definition) is 2. The number of rotatable bonds is 7. The fraction of sp³-hybridized carbons (Fsp3) is 0.368. The smallest absolute Gasteiger partial charge is 0.115 e.